The molecule has 0 saturated heterocycles. The van der Waals surface area contributed by atoms with Crippen LogP contribution < -0.4 is 0 Å². The van der Waals surface area contributed by atoms with Crippen molar-refractivity contribution in [2.75, 3.05) is 0 Å². The summed E-state index contributed by atoms with van der Waals surface area (Å²) in [6.07, 6.45) is 4.30. The molecule has 1 heterocycles. The number of nitrogens with zero attached hydrogens (tertiary/aromatic N) is 1. The Morgan fingerprint density at radius 3 is 3.15 bits per heavy atom. The van der Waals surface area contributed by atoms with Crippen LogP contribution in [-0.2, 0) is 9.63 Å². The topological polar surface area (TPSA) is 38.7 Å². The van der Waals surface area contributed by atoms with Crippen molar-refractivity contribution in [3.8, 4) is 0 Å². The van der Waals surface area contributed by atoms with E-state index in [1.165, 1.54) is 0 Å². The largest absolute Gasteiger partial charge is 0.388 e. The maximum absolute atomic E-state index is 10.4. The summed E-state index contributed by atoms with van der Waals surface area (Å²) in [5.41, 5.74) is 1.52. The average molecular weight is 174 g/mol. The minimum absolute atomic E-state index is 0.0340. The molecule has 3 heteroatoms. The van der Waals surface area contributed by atoms with Gasteiger partial charge in [0.15, 0.2) is 6.10 Å². The van der Waals surface area contributed by atoms with Crippen LogP contribution in [0.3, 0.4) is 0 Å². The maximum atomic E-state index is 10.4. The van der Waals surface area contributed by atoms with Gasteiger partial charge in [0, 0.05) is 18.2 Å². The summed E-state index contributed by atoms with van der Waals surface area (Å²) in [5, 5.41) is 3.67. The van der Waals surface area contributed by atoms with Crippen LogP contribution in [0, 0.1) is 0 Å². The molecule has 2 rings (SSSR count). The van der Waals surface area contributed by atoms with Crippen LogP contribution in [-0.4, -0.2) is 12.5 Å². The number of hydrogen-bond donors (Lipinski definition) is 0. The fourth-order valence-electron chi connectivity index (χ4n) is 1.30. The normalized spacial score (nSPS) is 19.8. The van der Waals surface area contributed by atoms with Gasteiger partial charge in [-0.25, -0.2) is 0 Å². The van der Waals surface area contributed by atoms with Crippen LogP contribution in [0.1, 0.15) is 23.7 Å². The zero-order chi connectivity index (χ0) is 9.10. The molecule has 65 valence electrons. The summed E-state index contributed by atoms with van der Waals surface area (Å²) in [4.78, 5) is 15.5. The minimum Gasteiger partial charge on any atom is -0.388 e. The minimum atomic E-state index is -0.0340. The fourth-order valence-corrected chi connectivity index (χ4v) is 1.30. The molecule has 0 spiro atoms. The van der Waals surface area contributed by atoms with Crippen LogP contribution in [0.15, 0.2) is 29.4 Å². The Balaban J connectivity index is 2.24. The van der Waals surface area contributed by atoms with E-state index < -0.39 is 0 Å². The van der Waals surface area contributed by atoms with E-state index in [2.05, 4.69) is 5.16 Å². The van der Waals surface area contributed by atoms with Gasteiger partial charge < -0.3 is 4.84 Å². The molecule has 0 aromatic heterocycles. The molecular weight excluding hydrogens is 166 g/mol. The highest BCUT2D eigenvalue weighted by Gasteiger charge is 2.15. The lowest BCUT2D eigenvalue weighted by atomic mass is 10.1. The summed E-state index contributed by atoms with van der Waals surface area (Å²) in [5.74, 6) is 0. The third kappa shape index (κ3) is 1.59. The monoisotopic (exact) mass is 174 g/mol. The van der Waals surface area contributed by atoms with Crippen molar-refractivity contribution < 1.29 is 9.63 Å². The highest BCUT2D eigenvalue weighted by molar-refractivity contribution is 5.75. The van der Waals surface area contributed by atoms with Gasteiger partial charge in [-0.3, -0.25) is 4.79 Å². The van der Waals surface area contributed by atoms with Crippen molar-refractivity contribution in [3.05, 3.63) is 35.4 Å². The lowest BCUT2D eigenvalue weighted by Crippen LogP contribution is -1.96. The van der Waals surface area contributed by atoms with Crippen LogP contribution >= 0.6 is 0 Å². The number of hydrogen-bond acceptors (Lipinski definition) is 3. The van der Waals surface area contributed by atoms with Crippen molar-refractivity contribution in [2.45, 2.75) is 12.5 Å². The van der Waals surface area contributed by atoms with Gasteiger partial charge >= 0.3 is 0 Å². The Morgan fingerprint density at radius 2 is 2.46 bits per heavy atom. The van der Waals surface area contributed by atoms with E-state index in [1.807, 2.05) is 18.4 Å². The second kappa shape index (κ2) is 3.39. The van der Waals surface area contributed by atoms with Crippen LogP contribution in [0.5, 0.6) is 0 Å². The smallest absolute Gasteiger partial charge is 0.233 e. The van der Waals surface area contributed by atoms with Gasteiger partial charge in [-0.05, 0) is 11.6 Å². The van der Waals surface area contributed by atoms with Gasteiger partial charge in [0.2, 0.25) is 6.29 Å². The van der Waals surface area contributed by atoms with E-state index >= 15 is 0 Å². The lowest BCUT2D eigenvalue weighted by molar-refractivity contribution is 0.0858. The molecule has 0 aliphatic carbocycles. The van der Waals surface area contributed by atoms with Crippen molar-refractivity contribution in [2.24, 2.45) is 5.16 Å². The zero-order valence-electron chi connectivity index (χ0n) is 6.93. The summed E-state index contributed by atoms with van der Waals surface area (Å²) in [7, 11) is 0. The zero-order valence-corrected chi connectivity index (χ0v) is 6.93. The molecule has 0 N–H and O–H groups in total. The van der Waals surface area contributed by atoms with E-state index in [9.17, 15) is 4.79 Å². The Kier molecular flexibility index (Phi) is 2.08. The van der Waals surface area contributed by atoms with Gasteiger partial charge in [0.05, 0.1) is 0 Å². The molecule has 1 radical (unpaired) electrons. The van der Waals surface area contributed by atoms with Gasteiger partial charge in [0.1, 0.15) is 0 Å². The first-order valence-corrected chi connectivity index (χ1v) is 4.06. The molecule has 1 atom stereocenters. The van der Waals surface area contributed by atoms with Gasteiger partial charge in [-0.15, -0.1) is 0 Å². The van der Waals surface area contributed by atoms with Crippen LogP contribution in [0.25, 0.3) is 0 Å². The summed E-state index contributed by atoms with van der Waals surface area (Å²) in [6.45, 7) is 0. The van der Waals surface area contributed by atoms with Gasteiger partial charge in [-0.1, -0.05) is 23.4 Å². The molecule has 3 nitrogen and oxygen atoms in total. The van der Waals surface area contributed by atoms with Gasteiger partial charge in [-0.2, -0.15) is 0 Å². The number of rotatable bonds is 2. The Labute approximate surface area is 76.0 Å². The molecule has 1 aliphatic heterocycles. The number of carbonyl (C=O) groups excluding carboxylic acids is 1. The van der Waals surface area contributed by atoms with Crippen LogP contribution in [0.4, 0.5) is 0 Å². The molecule has 13 heavy (non-hydrogen) atoms. The predicted molar refractivity (Wildman–Crippen MR) is 48.2 cm³/mol. The molecule has 0 saturated carbocycles. The van der Waals surface area contributed by atoms with E-state index in [0.717, 1.165) is 12.0 Å². The highest BCUT2D eigenvalue weighted by Crippen LogP contribution is 2.24. The fraction of sp³-hybridized carbons (Fsp3) is 0.200. The summed E-state index contributed by atoms with van der Waals surface area (Å²) >= 11 is 0. The molecule has 0 bridgehead atoms. The van der Waals surface area contributed by atoms with Crippen molar-refractivity contribution in [1.82, 2.24) is 0 Å². The molecular formula is C10H8NO2. The first-order valence-electron chi connectivity index (χ1n) is 4.06. The SMILES string of the molecule is O=[C]c1cccc(C2CC=NO2)c1. The number of oxime groups is 1. The first-order chi connectivity index (χ1) is 6.40. The lowest BCUT2D eigenvalue weighted by Gasteiger charge is -2.07. The third-order valence-corrected chi connectivity index (χ3v) is 1.96. The molecule has 1 aromatic carbocycles. The number of benzene rings is 1. The van der Waals surface area contributed by atoms with Crippen molar-refractivity contribution >= 4 is 12.5 Å². The highest BCUT2D eigenvalue weighted by atomic mass is 16.6. The molecule has 1 aliphatic rings. The average Bonchev–Trinajstić information content (AvgIpc) is 2.71. The third-order valence-electron chi connectivity index (χ3n) is 1.96. The Morgan fingerprint density at radius 1 is 1.54 bits per heavy atom. The first kappa shape index (κ1) is 7.98. The molecule has 1 aromatic rings. The maximum Gasteiger partial charge on any atom is 0.233 e. The van der Waals surface area contributed by atoms with Crippen molar-refractivity contribution in [1.29, 1.82) is 0 Å². The standard InChI is InChI=1S/C10H8NO2/c12-7-8-2-1-3-9(6-8)10-4-5-11-13-10/h1-3,5-6,10H,4H2. The molecule has 1 unspecified atom stereocenters. The van der Waals surface area contributed by atoms with Crippen molar-refractivity contribution in [3.63, 3.8) is 0 Å². The van der Waals surface area contributed by atoms with E-state index in [-0.39, 0.29) is 6.10 Å². The quantitative estimate of drug-likeness (QED) is 0.682. The van der Waals surface area contributed by atoms with Gasteiger partial charge in [0.25, 0.3) is 0 Å². The van der Waals surface area contributed by atoms with E-state index in [0.29, 0.717) is 5.56 Å². The molecule has 0 amide bonds. The summed E-state index contributed by atoms with van der Waals surface area (Å²) in [6, 6.07) is 7.22. The Hall–Kier alpha value is -1.64. The van der Waals surface area contributed by atoms with Crippen LogP contribution in [0.2, 0.25) is 0 Å². The molecule has 0 fully saturated rings. The second-order valence-electron chi connectivity index (χ2n) is 2.85. The predicted octanol–water partition coefficient (Wildman–Crippen LogP) is 1.59. The second-order valence-corrected chi connectivity index (χ2v) is 2.85. The van der Waals surface area contributed by atoms with E-state index in [1.54, 1.807) is 18.3 Å². The Bertz CT molecular complexity index is 339. The summed E-state index contributed by atoms with van der Waals surface area (Å²) < 4.78 is 0. The van der Waals surface area contributed by atoms with E-state index in [4.69, 9.17) is 4.84 Å².